The third-order valence-electron chi connectivity index (χ3n) is 3.88. The summed E-state index contributed by atoms with van der Waals surface area (Å²) in [5.41, 5.74) is 1.97. The van der Waals surface area contributed by atoms with Gasteiger partial charge in [-0.1, -0.05) is 31.9 Å². The molecule has 18 heavy (non-hydrogen) atoms. The summed E-state index contributed by atoms with van der Waals surface area (Å²) in [5, 5.41) is 0. The van der Waals surface area contributed by atoms with Gasteiger partial charge in [0.1, 0.15) is 5.82 Å². The maximum absolute atomic E-state index is 5.80. The first kappa shape index (κ1) is 12.7. The normalized spacial score (nSPS) is 11.7. The van der Waals surface area contributed by atoms with Crippen LogP contribution in [0.1, 0.15) is 39.4 Å². The first-order valence-corrected chi connectivity index (χ1v) is 6.66. The van der Waals surface area contributed by atoms with E-state index in [1.165, 1.54) is 5.52 Å². The Morgan fingerprint density at radius 1 is 1.22 bits per heavy atom. The molecule has 0 saturated carbocycles. The van der Waals surface area contributed by atoms with Gasteiger partial charge in [0.05, 0.1) is 16.4 Å². The number of aromatic nitrogens is 2. The van der Waals surface area contributed by atoms with Crippen LogP contribution in [0.15, 0.2) is 24.3 Å². The number of benzene rings is 1. The van der Waals surface area contributed by atoms with Gasteiger partial charge in [0, 0.05) is 6.54 Å². The highest BCUT2D eigenvalue weighted by molar-refractivity contribution is 5.76. The van der Waals surface area contributed by atoms with Crippen molar-refractivity contribution in [3.63, 3.8) is 0 Å². The average Bonchev–Trinajstić information content (AvgIpc) is 2.80. The molecule has 94 valence electrons. The van der Waals surface area contributed by atoms with Gasteiger partial charge in [-0.05, 0) is 31.9 Å². The molecule has 0 radical (unpaired) electrons. The topological polar surface area (TPSA) is 17.8 Å². The lowest BCUT2D eigenvalue weighted by Crippen LogP contribution is -2.26. The third-order valence-corrected chi connectivity index (χ3v) is 3.88. The molecule has 1 aromatic carbocycles. The number of nitrogens with zero attached hydrogens (tertiary/aromatic N) is 2. The minimum absolute atomic E-state index is 0.241. The van der Waals surface area contributed by atoms with Gasteiger partial charge in [0.25, 0.3) is 0 Å². The van der Waals surface area contributed by atoms with E-state index >= 15 is 0 Å². The van der Waals surface area contributed by atoms with Crippen LogP contribution in [0.4, 0.5) is 0 Å². The molecule has 0 aliphatic rings. The Morgan fingerprint density at radius 3 is 2.44 bits per heavy atom. The first-order valence-electron chi connectivity index (χ1n) is 6.66. The second-order valence-corrected chi connectivity index (χ2v) is 4.60. The van der Waals surface area contributed by atoms with Gasteiger partial charge < -0.3 is 4.57 Å². The van der Waals surface area contributed by atoms with Crippen LogP contribution < -0.4 is 0 Å². The van der Waals surface area contributed by atoms with Crippen molar-refractivity contribution in [2.45, 2.75) is 45.6 Å². The van der Waals surface area contributed by atoms with Crippen molar-refractivity contribution < 1.29 is 0 Å². The van der Waals surface area contributed by atoms with E-state index < -0.39 is 0 Å². The van der Waals surface area contributed by atoms with Crippen molar-refractivity contribution in [2.75, 3.05) is 0 Å². The SMILES string of the molecule is C#CC(CC)(CC)c1nc2ccccc2n1CC. The van der Waals surface area contributed by atoms with Gasteiger partial charge in [-0.2, -0.15) is 0 Å². The molecule has 0 bridgehead atoms. The maximum atomic E-state index is 5.80. The smallest absolute Gasteiger partial charge is 0.128 e. The molecule has 0 spiro atoms. The zero-order chi connectivity index (χ0) is 13.2. The first-order chi connectivity index (χ1) is 8.72. The lowest BCUT2D eigenvalue weighted by atomic mass is 9.82. The number of rotatable bonds is 4. The standard InChI is InChI=1S/C16H20N2/c1-5-16(6-2,7-3)15-17-13-11-9-10-12-14(13)18(15)8-4/h1,9-12H,6-8H2,2-4H3. The van der Waals surface area contributed by atoms with E-state index in [2.05, 4.69) is 49.5 Å². The molecule has 2 aromatic rings. The number of imidazole rings is 1. The number of hydrogen-bond donors (Lipinski definition) is 0. The van der Waals surface area contributed by atoms with Crippen molar-refractivity contribution in [2.24, 2.45) is 0 Å². The molecule has 0 saturated heterocycles. The largest absolute Gasteiger partial charge is 0.327 e. The van der Waals surface area contributed by atoms with Crippen LogP contribution in [0.2, 0.25) is 0 Å². The van der Waals surface area contributed by atoms with E-state index in [-0.39, 0.29) is 5.41 Å². The van der Waals surface area contributed by atoms with Gasteiger partial charge in [-0.3, -0.25) is 0 Å². The molecule has 1 heterocycles. The Morgan fingerprint density at radius 2 is 1.89 bits per heavy atom. The fourth-order valence-electron chi connectivity index (χ4n) is 2.60. The molecule has 0 fully saturated rings. The predicted molar refractivity (Wildman–Crippen MR) is 76.5 cm³/mol. The summed E-state index contributed by atoms with van der Waals surface area (Å²) < 4.78 is 2.25. The lowest BCUT2D eigenvalue weighted by Gasteiger charge is -2.25. The Kier molecular flexibility index (Phi) is 3.43. The molecule has 0 atom stereocenters. The Hall–Kier alpha value is -1.75. The quantitative estimate of drug-likeness (QED) is 0.744. The lowest BCUT2D eigenvalue weighted by molar-refractivity contribution is 0.464. The van der Waals surface area contributed by atoms with E-state index in [9.17, 15) is 0 Å². The highest BCUT2D eigenvalue weighted by Crippen LogP contribution is 2.32. The summed E-state index contributed by atoms with van der Waals surface area (Å²) in [4.78, 5) is 4.79. The van der Waals surface area contributed by atoms with Crippen LogP contribution >= 0.6 is 0 Å². The summed E-state index contributed by atoms with van der Waals surface area (Å²) >= 11 is 0. The molecule has 0 amide bonds. The number of terminal acetylenes is 1. The zero-order valence-electron chi connectivity index (χ0n) is 11.4. The summed E-state index contributed by atoms with van der Waals surface area (Å²) in [5.74, 6) is 4.02. The van der Waals surface area contributed by atoms with Crippen molar-refractivity contribution in [3.8, 4) is 12.3 Å². The average molecular weight is 240 g/mol. The van der Waals surface area contributed by atoms with E-state index in [1.54, 1.807) is 0 Å². The van der Waals surface area contributed by atoms with E-state index in [4.69, 9.17) is 11.4 Å². The van der Waals surface area contributed by atoms with Crippen molar-refractivity contribution in [1.82, 2.24) is 9.55 Å². The van der Waals surface area contributed by atoms with E-state index in [0.29, 0.717) is 0 Å². The highest BCUT2D eigenvalue weighted by Gasteiger charge is 2.31. The van der Waals surface area contributed by atoms with Gasteiger partial charge >= 0.3 is 0 Å². The minimum atomic E-state index is -0.241. The summed E-state index contributed by atoms with van der Waals surface area (Å²) in [6.07, 6.45) is 7.64. The summed E-state index contributed by atoms with van der Waals surface area (Å²) in [6, 6.07) is 8.24. The van der Waals surface area contributed by atoms with Crippen molar-refractivity contribution in [3.05, 3.63) is 30.1 Å². The highest BCUT2D eigenvalue weighted by atomic mass is 15.1. The number of hydrogen-bond acceptors (Lipinski definition) is 1. The van der Waals surface area contributed by atoms with Gasteiger partial charge in [0.15, 0.2) is 0 Å². The fraction of sp³-hybridized carbons (Fsp3) is 0.438. The van der Waals surface area contributed by atoms with Crippen molar-refractivity contribution >= 4 is 11.0 Å². The number of fused-ring (bicyclic) bond motifs is 1. The molecule has 2 nitrogen and oxygen atoms in total. The van der Waals surface area contributed by atoms with E-state index in [1.807, 2.05) is 6.07 Å². The summed E-state index contributed by atoms with van der Waals surface area (Å²) in [7, 11) is 0. The Balaban J connectivity index is 2.74. The molecule has 2 heteroatoms. The number of para-hydroxylation sites is 2. The van der Waals surface area contributed by atoms with Crippen LogP contribution in [-0.2, 0) is 12.0 Å². The molecule has 2 rings (SSSR count). The molecule has 0 unspecified atom stereocenters. The second kappa shape index (κ2) is 4.86. The molecule has 0 N–H and O–H groups in total. The molecular formula is C16H20N2. The van der Waals surface area contributed by atoms with Crippen LogP contribution in [0.3, 0.4) is 0 Å². The molecule has 1 aromatic heterocycles. The van der Waals surface area contributed by atoms with Gasteiger partial charge in [0.2, 0.25) is 0 Å². The fourth-order valence-corrected chi connectivity index (χ4v) is 2.60. The van der Waals surface area contributed by atoms with E-state index in [0.717, 1.165) is 30.7 Å². The Labute approximate surface area is 109 Å². The molecule has 0 aliphatic carbocycles. The monoisotopic (exact) mass is 240 g/mol. The van der Waals surface area contributed by atoms with Crippen LogP contribution in [0.25, 0.3) is 11.0 Å². The van der Waals surface area contributed by atoms with Crippen LogP contribution in [0.5, 0.6) is 0 Å². The summed E-state index contributed by atoms with van der Waals surface area (Å²) in [6.45, 7) is 7.33. The molecular weight excluding hydrogens is 220 g/mol. The zero-order valence-corrected chi connectivity index (χ0v) is 11.4. The third kappa shape index (κ3) is 1.71. The minimum Gasteiger partial charge on any atom is -0.327 e. The van der Waals surface area contributed by atoms with Gasteiger partial charge in [-0.25, -0.2) is 4.98 Å². The molecule has 0 aliphatic heterocycles. The predicted octanol–water partition coefficient (Wildman–Crippen LogP) is 3.75. The number of aryl methyl sites for hydroxylation is 1. The second-order valence-electron chi connectivity index (χ2n) is 4.60. The van der Waals surface area contributed by atoms with Gasteiger partial charge in [-0.15, -0.1) is 6.42 Å². The van der Waals surface area contributed by atoms with Crippen molar-refractivity contribution in [1.29, 1.82) is 0 Å². The Bertz CT molecular complexity index is 583. The maximum Gasteiger partial charge on any atom is 0.128 e. The van der Waals surface area contributed by atoms with Crippen LogP contribution in [0, 0.1) is 12.3 Å². The van der Waals surface area contributed by atoms with Crippen LogP contribution in [-0.4, -0.2) is 9.55 Å².